The second-order valence-corrected chi connectivity index (χ2v) is 9.58. The van der Waals surface area contributed by atoms with E-state index in [-0.39, 0.29) is 15.5 Å². The third kappa shape index (κ3) is 4.76. The SMILES string of the molecule is O=C(Nc1cccc(NS(=O)(=O)c2ccccc2)c1)c1cc2cc(C(F)(F)F)ccc2s1. The Morgan fingerprint density at radius 1 is 0.844 bits per heavy atom. The van der Waals surface area contributed by atoms with Crippen molar-refractivity contribution in [3.63, 3.8) is 0 Å². The van der Waals surface area contributed by atoms with Gasteiger partial charge in [-0.2, -0.15) is 13.2 Å². The van der Waals surface area contributed by atoms with E-state index in [1.807, 2.05) is 0 Å². The van der Waals surface area contributed by atoms with Crippen LogP contribution >= 0.6 is 11.3 Å². The molecular formula is C22H15F3N2O3S2. The summed E-state index contributed by atoms with van der Waals surface area (Å²) >= 11 is 1.06. The Morgan fingerprint density at radius 3 is 2.28 bits per heavy atom. The Hall–Kier alpha value is -3.37. The molecule has 0 saturated heterocycles. The second-order valence-electron chi connectivity index (χ2n) is 6.81. The molecule has 1 amide bonds. The van der Waals surface area contributed by atoms with Crippen LogP contribution in [0.1, 0.15) is 15.2 Å². The molecular weight excluding hydrogens is 461 g/mol. The predicted molar refractivity (Wildman–Crippen MR) is 118 cm³/mol. The van der Waals surface area contributed by atoms with Gasteiger partial charge in [0.15, 0.2) is 0 Å². The first kappa shape index (κ1) is 21.8. The number of hydrogen-bond acceptors (Lipinski definition) is 4. The summed E-state index contributed by atoms with van der Waals surface area (Å²) in [6, 6.07) is 18.7. The molecule has 0 bridgehead atoms. The normalized spacial score (nSPS) is 12.0. The number of carbonyl (C=O) groups is 1. The zero-order valence-corrected chi connectivity index (χ0v) is 17.8. The lowest BCUT2D eigenvalue weighted by Gasteiger charge is -2.10. The molecule has 0 fully saturated rings. The van der Waals surface area contributed by atoms with E-state index in [0.29, 0.717) is 15.8 Å². The molecule has 4 rings (SSSR count). The number of amides is 1. The first-order valence-electron chi connectivity index (χ1n) is 9.22. The molecule has 4 aromatic rings. The smallest absolute Gasteiger partial charge is 0.321 e. The molecule has 0 aliphatic heterocycles. The van der Waals surface area contributed by atoms with Gasteiger partial charge >= 0.3 is 6.18 Å². The van der Waals surface area contributed by atoms with Gasteiger partial charge in [-0.25, -0.2) is 8.42 Å². The van der Waals surface area contributed by atoms with Crippen LogP contribution in [0, 0.1) is 0 Å². The molecule has 1 aromatic heterocycles. The molecule has 32 heavy (non-hydrogen) atoms. The number of carbonyl (C=O) groups excluding carboxylic acids is 1. The van der Waals surface area contributed by atoms with Crippen molar-refractivity contribution >= 4 is 48.7 Å². The number of sulfonamides is 1. The van der Waals surface area contributed by atoms with Crippen molar-refractivity contribution in [2.24, 2.45) is 0 Å². The zero-order chi connectivity index (χ0) is 22.9. The van der Waals surface area contributed by atoms with Crippen molar-refractivity contribution in [2.45, 2.75) is 11.1 Å². The highest BCUT2D eigenvalue weighted by Crippen LogP contribution is 2.34. The molecule has 0 aliphatic rings. The minimum absolute atomic E-state index is 0.0953. The number of anilines is 2. The van der Waals surface area contributed by atoms with Crippen LogP contribution in [0.2, 0.25) is 0 Å². The lowest BCUT2D eigenvalue weighted by atomic mass is 10.1. The average molecular weight is 477 g/mol. The van der Waals surface area contributed by atoms with Crippen molar-refractivity contribution in [2.75, 3.05) is 10.0 Å². The van der Waals surface area contributed by atoms with Crippen LogP contribution in [-0.4, -0.2) is 14.3 Å². The van der Waals surface area contributed by atoms with Gasteiger partial charge in [-0.1, -0.05) is 24.3 Å². The first-order valence-corrected chi connectivity index (χ1v) is 11.5. The Morgan fingerprint density at radius 2 is 1.56 bits per heavy atom. The number of rotatable bonds is 5. The molecule has 0 unspecified atom stereocenters. The molecule has 0 atom stereocenters. The van der Waals surface area contributed by atoms with E-state index in [1.165, 1.54) is 36.4 Å². The molecule has 1 heterocycles. The van der Waals surface area contributed by atoms with Gasteiger partial charge < -0.3 is 5.32 Å². The van der Waals surface area contributed by atoms with Crippen LogP contribution < -0.4 is 10.0 Å². The van der Waals surface area contributed by atoms with Gasteiger partial charge in [-0.15, -0.1) is 11.3 Å². The summed E-state index contributed by atoms with van der Waals surface area (Å²) in [6.45, 7) is 0. The first-order chi connectivity index (χ1) is 15.1. The number of fused-ring (bicyclic) bond motifs is 1. The minimum Gasteiger partial charge on any atom is -0.321 e. The van der Waals surface area contributed by atoms with Crippen molar-refractivity contribution < 1.29 is 26.4 Å². The Balaban J connectivity index is 1.53. The molecule has 2 N–H and O–H groups in total. The molecule has 0 saturated carbocycles. The fourth-order valence-corrected chi connectivity index (χ4v) is 5.01. The van der Waals surface area contributed by atoms with Gasteiger partial charge in [0.05, 0.1) is 21.0 Å². The van der Waals surface area contributed by atoms with Crippen molar-refractivity contribution in [3.8, 4) is 0 Å². The number of thiophene rings is 1. The molecule has 164 valence electrons. The molecule has 0 radical (unpaired) electrons. The van der Waals surface area contributed by atoms with Gasteiger partial charge in [0.1, 0.15) is 0 Å². The quantitative estimate of drug-likeness (QED) is 0.373. The number of nitrogens with one attached hydrogen (secondary N) is 2. The summed E-state index contributed by atoms with van der Waals surface area (Å²) in [7, 11) is -3.80. The molecule has 5 nitrogen and oxygen atoms in total. The second kappa shape index (κ2) is 8.29. The van der Waals surface area contributed by atoms with Gasteiger partial charge in [-0.05, 0) is 60.0 Å². The Labute approximate surface area is 185 Å². The average Bonchev–Trinajstić information content (AvgIpc) is 3.17. The standard InChI is InChI=1S/C22H15F3N2O3S2/c23-22(24,25)15-9-10-19-14(11-15)12-20(31-19)21(28)26-16-5-4-6-17(13-16)27-32(29,30)18-7-2-1-3-8-18/h1-13,27H,(H,26,28). The fourth-order valence-electron chi connectivity index (χ4n) is 3.00. The Kier molecular flexibility index (Phi) is 5.66. The Bertz CT molecular complexity index is 1400. The summed E-state index contributed by atoms with van der Waals surface area (Å²) < 4.78 is 66.7. The predicted octanol–water partition coefficient (Wildman–Crippen LogP) is 5.97. The monoisotopic (exact) mass is 476 g/mol. The number of halogens is 3. The number of hydrogen-bond donors (Lipinski definition) is 2. The van der Waals surface area contributed by atoms with E-state index in [2.05, 4.69) is 10.0 Å². The van der Waals surface area contributed by atoms with Crippen molar-refractivity contribution in [1.29, 1.82) is 0 Å². The summed E-state index contributed by atoms with van der Waals surface area (Å²) in [5.74, 6) is -0.511. The maximum absolute atomic E-state index is 12.9. The van der Waals surface area contributed by atoms with Gasteiger partial charge in [0, 0.05) is 10.4 Å². The largest absolute Gasteiger partial charge is 0.416 e. The van der Waals surface area contributed by atoms with E-state index in [1.54, 1.807) is 30.3 Å². The van der Waals surface area contributed by atoms with E-state index in [4.69, 9.17) is 0 Å². The zero-order valence-electron chi connectivity index (χ0n) is 16.2. The number of alkyl halides is 3. The highest BCUT2D eigenvalue weighted by atomic mass is 32.2. The molecule has 0 spiro atoms. The lowest BCUT2D eigenvalue weighted by molar-refractivity contribution is -0.137. The van der Waals surface area contributed by atoms with Gasteiger partial charge in [-0.3, -0.25) is 9.52 Å². The van der Waals surface area contributed by atoms with E-state index >= 15 is 0 Å². The van der Waals surface area contributed by atoms with Crippen LogP contribution in [0.15, 0.2) is 83.8 Å². The van der Waals surface area contributed by atoms with Crippen LogP contribution in [-0.2, 0) is 16.2 Å². The fraction of sp³-hybridized carbons (Fsp3) is 0.0455. The third-order valence-corrected chi connectivity index (χ3v) is 7.01. The highest BCUT2D eigenvalue weighted by molar-refractivity contribution is 7.92. The van der Waals surface area contributed by atoms with Crippen LogP contribution in [0.25, 0.3) is 10.1 Å². The molecule has 3 aromatic carbocycles. The maximum atomic E-state index is 12.9. The van der Waals surface area contributed by atoms with Gasteiger partial charge in [0.25, 0.3) is 15.9 Å². The van der Waals surface area contributed by atoms with Crippen LogP contribution in [0.3, 0.4) is 0 Å². The summed E-state index contributed by atoms with van der Waals surface area (Å²) in [4.78, 5) is 12.9. The van der Waals surface area contributed by atoms with E-state index in [0.717, 1.165) is 23.5 Å². The maximum Gasteiger partial charge on any atom is 0.416 e. The van der Waals surface area contributed by atoms with Crippen molar-refractivity contribution in [1.82, 2.24) is 0 Å². The number of benzene rings is 3. The minimum atomic E-state index is -4.47. The summed E-state index contributed by atoms with van der Waals surface area (Å²) in [5.41, 5.74) is -0.206. The molecule has 0 aliphatic carbocycles. The van der Waals surface area contributed by atoms with Crippen molar-refractivity contribution in [3.05, 3.63) is 89.3 Å². The van der Waals surface area contributed by atoms with Gasteiger partial charge in [0.2, 0.25) is 0 Å². The highest BCUT2D eigenvalue weighted by Gasteiger charge is 2.30. The lowest BCUT2D eigenvalue weighted by Crippen LogP contribution is -2.14. The summed E-state index contributed by atoms with van der Waals surface area (Å²) in [5, 5.41) is 2.96. The van der Waals surface area contributed by atoms with Crippen LogP contribution in [0.5, 0.6) is 0 Å². The third-order valence-electron chi connectivity index (χ3n) is 4.49. The molecule has 10 heteroatoms. The van der Waals surface area contributed by atoms with E-state index < -0.39 is 27.7 Å². The van der Waals surface area contributed by atoms with E-state index in [9.17, 15) is 26.4 Å². The topological polar surface area (TPSA) is 75.3 Å². The summed E-state index contributed by atoms with van der Waals surface area (Å²) in [6.07, 6.45) is -4.47. The van der Waals surface area contributed by atoms with Crippen LogP contribution in [0.4, 0.5) is 24.5 Å².